The van der Waals surface area contributed by atoms with Gasteiger partial charge in [-0.25, -0.2) is 0 Å². The molecule has 114 valence electrons. The van der Waals surface area contributed by atoms with Crippen LogP contribution < -0.4 is 16.0 Å². The van der Waals surface area contributed by atoms with E-state index in [1.165, 1.54) is 0 Å². The van der Waals surface area contributed by atoms with Gasteiger partial charge in [-0.1, -0.05) is 26.2 Å². The monoisotopic (exact) mass is 281 g/mol. The molecule has 1 heterocycles. The predicted octanol–water partition coefficient (Wildman–Crippen LogP) is 0.941. The minimum Gasteiger partial charge on any atom is -0.354 e. The summed E-state index contributed by atoms with van der Waals surface area (Å²) in [5.74, 6) is 0.0784. The van der Waals surface area contributed by atoms with Crippen LogP contribution >= 0.6 is 0 Å². The van der Waals surface area contributed by atoms with Gasteiger partial charge in [-0.2, -0.15) is 0 Å². The van der Waals surface area contributed by atoms with Gasteiger partial charge in [0.15, 0.2) is 0 Å². The van der Waals surface area contributed by atoms with Gasteiger partial charge in [0.1, 0.15) is 5.54 Å². The SMILES string of the molecule is CCCNC(=O)C1(NC(=O)C2CCNC2)CCCCC1. The van der Waals surface area contributed by atoms with Crippen molar-refractivity contribution in [3.63, 3.8) is 0 Å². The molecule has 1 atom stereocenters. The molecule has 1 unspecified atom stereocenters. The Hall–Kier alpha value is -1.10. The Bertz CT molecular complexity index is 345. The zero-order valence-corrected chi connectivity index (χ0v) is 12.5. The molecule has 2 amide bonds. The third-order valence-electron chi connectivity index (χ3n) is 4.47. The first-order chi connectivity index (χ1) is 9.68. The maximum Gasteiger partial charge on any atom is 0.245 e. The lowest BCUT2D eigenvalue weighted by atomic mass is 9.80. The molecule has 1 aliphatic heterocycles. The first-order valence-electron chi connectivity index (χ1n) is 7.99. The van der Waals surface area contributed by atoms with Crippen molar-refractivity contribution in [3.8, 4) is 0 Å². The number of carbonyl (C=O) groups is 2. The minimum atomic E-state index is -0.660. The molecule has 0 aromatic carbocycles. The van der Waals surface area contributed by atoms with Crippen LogP contribution in [-0.4, -0.2) is 37.0 Å². The normalized spacial score (nSPS) is 25.1. The van der Waals surface area contributed by atoms with E-state index in [-0.39, 0.29) is 17.7 Å². The molecule has 0 aromatic heterocycles. The zero-order chi connectivity index (χ0) is 14.4. The number of hydrogen-bond donors (Lipinski definition) is 3. The largest absolute Gasteiger partial charge is 0.354 e. The average molecular weight is 281 g/mol. The van der Waals surface area contributed by atoms with E-state index in [4.69, 9.17) is 0 Å². The molecule has 1 saturated carbocycles. The van der Waals surface area contributed by atoms with E-state index >= 15 is 0 Å². The van der Waals surface area contributed by atoms with Crippen LogP contribution in [0.2, 0.25) is 0 Å². The lowest BCUT2D eigenvalue weighted by molar-refractivity contribution is -0.136. The highest BCUT2D eigenvalue weighted by molar-refractivity contribution is 5.92. The van der Waals surface area contributed by atoms with Crippen molar-refractivity contribution in [1.29, 1.82) is 0 Å². The van der Waals surface area contributed by atoms with E-state index in [1.54, 1.807) is 0 Å². The van der Waals surface area contributed by atoms with Gasteiger partial charge in [-0.3, -0.25) is 9.59 Å². The van der Waals surface area contributed by atoms with Crippen molar-refractivity contribution < 1.29 is 9.59 Å². The molecule has 2 aliphatic rings. The molecule has 2 fully saturated rings. The molecule has 5 nitrogen and oxygen atoms in total. The topological polar surface area (TPSA) is 70.2 Å². The van der Waals surface area contributed by atoms with E-state index in [9.17, 15) is 9.59 Å². The van der Waals surface area contributed by atoms with Gasteiger partial charge in [0.2, 0.25) is 11.8 Å². The number of nitrogens with one attached hydrogen (secondary N) is 3. The van der Waals surface area contributed by atoms with Crippen LogP contribution in [0.4, 0.5) is 0 Å². The zero-order valence-electron chi connectivity index (χ0n) is 12.5. The van der Waals surface area contributed by atoms with Gasteiger partial charge in [0, 0.05) is 13.1 Å². The first-order valence-corrected chi connectivity index (χ1v) is 7.99. The molecule has 1 aliphatic carbocycles. The average Bonchev–Trinajstić information content (AvgIpc) is 3.00. The molecular weight excluding hydrogens is 254 g/mol. The highest BCUT2D eigenvalue weighted by Crippen LogP contribution is 2.29. The van der Waals surface area contributed by atoms with Gasteiger partial charge in [-0.15, -0.1) is 0 Å². The maximum atomic E-state index is 12.5. The van der Waals surface area contributed by atoms with Gasteiger partial charge in [0.25, 0.3) is 0 Å². The molecule has 0 bridgehead atoms. The summed E-state index contributed by atoms with van der Waals surface area (Å²) in [6, 6.07) is 0. The smallest absolute Gasteiger partial charge is 0.245 e. The van der Waals surface area contributed by atoms with Gasteiger partial charge in [-0.05, 0) is 32.2 Å². The highest BCUT2D eigenvalue weighted by Gasteiger charge is 2.41. The van der Waals surface area contributed by atoms with E-state index in [2.05, 4.69) is 16.0 Å². The van der Waals surface area contributed by atoms with E-state index < -0.39 is 5.54 Å². The predicted molar refractivity (Wildman–Crippen MR) is 78.2 cm³/mol. The van der Waals surface area contributed by atoms with Crippen molar-refractivity contribution in [3.05, 3.63) is 0 Å². The Morgan fingerprint density at radius 1 is 1.25 bits per heavy atom. The van der Waals surface area contributed by atoms with Crippen molar-refractivity contribution in [2.75, 3.05) is 19.6 Å². The summed E-state index contributed by atoms with van der Waals surface area (Å²) in [5, 5.41) is 9.27. The molecular formula is C15H27N3O2. The van der Waals surface area contributed by atoms with Crippen LogP contribution in [0.25, 0.3) is 0 Å². The van der Waals surface area contributed by atoms with E-state index in [0.29, 0.717) is 6.54 Å². The molecule has 0 radical (unpaired) electrons. The van der Waals surface area contributed by atoms with E-state index in [1.807, 2.05) is 6.92 Å². The molecule has 5 heteroatoms. The van der Waals surface area contributed by atoms with Crippen LogP contribution in [0.1, 0.15) is 51.9 Å². The van der Waals surface area contributed by atoms with Gasteiger partial charge in [0.05, 0.1) is 5.92 Å². The molecule has 2 rings (SSSR count). The second-order valence-corrected chi connectivity index (χ2v) is 6.08. The Morgan fingerprint density at radius 2 is 2.00 bits per heavy atom. The summed E-state index contributed by atoms with van der Waals surface area (Å²) in [4.78, 5) is 24.9. The van der Waals surface area contributed by atoms with Gasteiger partial charge >= 0.3 is 0 Å². The minimum absolute atomic E-state index is 0.0124. The first kappa shape index (κ1) is 15.3. The van der Waals surface area contributed by atoms with Gasteiger partial charge < -0.3 is 16.0 Å². The van der Waals surface area contributed by atoms with Crippen molar-refractivity contribution in [2.45, 2.75) is 57.4 Å². The highest BCUT2D eigenvalue weighted by atomic mass is 16.2. The lowest BCUT2D eigenvalue weighted by Crippen LogP contribution is -2.60. The Morgan fingerprint density at radius 3 is 2.60 bits per heavy atom. The van der Waals surface area contributed by atoms with Crippen LogP contribution in [0.15, 0.2) is 0 Å². The van der Waals surface area contributed by atoms with Crippen LogP contribution in [0.5, 0.6) is 0 Å². The second kappa shape index (κ2) is 7.07. The fourth-order valence-electron chi connectivity index (χ4n) is 3.19. The Labute approximate surface area is 121 Å². The fourth-order valence-corrected chi connectivity index (χ4v) is 3.19. The molecule has 0 aromatic rings. The molecule has 0 spiro atoms. The fraction of sp³-hybridized carbons (Fsp3) is 0.867. The standard InChI is InChI=1S/C15H27N3O2/c1-2-9-17-14(20)15(7-4-3-5-8-15)18-13(19)12-6-10-16-11-12/h12,16H,2-11H2,1H3,(H,17,20)(H,18,19). The quantitative estimate of drug-likeness (QED) is 0.702. The molecule has 20 heavy (non-hydrogen) atoms. The Kier molecular flexibility index (Phi) is 5.40. The summed E-state index contributed by atoms with van der Waals surface area (Å²) in [6.45, 7) is 4.35. The Balaban J connectivity index is 2.01. The third kappa shape index (κ3) is 3.51. The van der Waals surface area contributed by atoms with Crippen LogP contribution in [0, 0.1) is 5.92 Å². The molecule has 3 N–H and O–H groups in total. The molecule has 1 saturated heterocycles. The third-order valence-corrected chi connectivity index (χ3v) is 4.47. The maximum absolute atomic E-state index is 12.5. The summed E-state index contributed by atoms with van der Waals surface area (Å²) in [7, 11) is 0. The van der Waals surface area contributed by atoms with Crippen molar-refractivity contribution in [1.82, 2.24) is 16.0 Å². The summed E-state index contributed by atoms with van der Waals surface area (Å²) in [6.07, 6.45) is 6.53. The lowest BCUT2D eigenvalue weighted by Gasteiger charge is -2.37. The summed E-state index contributed by atoms with van der Waals surface area (Å²) in [5.41, 5.74) is -0.660. The number of carbonyl (C=O) groups excluding carboxylic acids is 2. The number of amides is 2. The number of hydrogen-bond acceptors (Lipinski definition) is 3. The van der Waals surface area contributed by atoms with E-state index in [0.717, 1.165) is 58.0 Å². The van der Waals surface area contributed by atoms with Crippen LogP contribution in [0.3, 0.4) is 0 Å². The number of rotatable bonds is 5. The summed E-state index contributed by atoms with van der Waals surface area (Å²) < 4.78 is 0. The summed E-state index contributed by atoms with van der Waals surface area (Å²) >= 11 is 0. The van der Waals surface area contributed by atoms with Crippen LogP contribution in [-0.2, 0) is 9.59 Å². The second-order valence-electron chi connectivity index (χ2n) is 6.08. The van der Waals surface area contributed by atoms with Crippen molar-refractivity contribution in [2.24, 2.45) is 5.92 Å². The van der Waals surface area contributed by atoms with Crippen molar-refractivity contribution >= 4 is 11.8 Å².